The molecule has 0 aromatic carbocycles. The molecule has 2 heterocycles. The Hall–Kier alpha value is -2.10. The van der Waals surface area contributed by atoms with Gasteiger partial charge in [0.05, 0.1) is 12.5 Å². The van der Waals surface area contributed by atoms with Crippen molar-refractivity contribution in [1.82, 2.24) is 0 Å². The van der Waals surface area contributed by atoms with Crippen LogP contribution in [0.25, 0.3) is 0 Å². The van der Waals surface area contributed by atoms with Gasteiger partial charge in [-0.2, -0.15) is 0 Å². The van der Waals surface area contributed by atoms with Gasteiger partial charge in [0.2, 0.25) is 0 Å². The van der Waals surface area contributed by atoms with Gasteiger partial charge in [-0.25, -0.2) is 4.79 Å². The van der Waals surface area contributed by atoms with Crippen LogP contribution in [0.15, 0.2) is 46.3 Å². The van der Waals surface area contributed by atoms with Crippen LogP contribution in [0.2, 0.25) is 0 Å². The number of cyclic esters (lactones) is 1. The summed E-state index contributed by atoms with van der Waals surface area (Å²) in [6.07, 6.45) is 9.51. The lowest BCUT2D eigenvalue weighted by Gasteiger charge is -2.38. The number of hydrogen-bond acceptors (Lipinski definition) is 4. The molecule has 128 valence electrons. The van der Waals surface area contributed by atoms with Crippen LogP contribution in [0, 0.1) is 11.3 Å². The summed E-state index contributed by atoms with van der Waals surface area (Å²) in [6.45, 7) is 6.29. The van der Waals surface area contributed by atoms with Crippen LogP contribution < -0.4 is 0 Å². The Bertz CT molecular complexity index is 691. The third kappa shape index (κ3) is 3.37. The number of ketones is 1. The van der Waals surface area contributed by atoms with Crippen LogP contribution in [-0.2, 0) is 14.3 Å². The number of esters is 1. The van der Waals surface area contributed by atoms with E-state index in [4.69, 9.17) is 9.15 Å². The number of allylic oxidation sites excluding steroid dienone is 2. The van der Waals surface area contributed by atoms with Crippen LogP contribution in [0.4, 0.5) is 0 Å². The van der Waals surface area contributed by atoms with Gasteiger partial charge in [0.1, 0.15) is 6.10 Å². The largest absolute Gasteiger partial charge is 0.472 e. The van der Waals surface area contributed by atoms with Crippen LogP contribution in [0.1, 0.15) is 58.1 Å². The van der Waals surface area contributed by atoms with Gasteiger partial charge in [0.15, 0.2) is 5.78 Å². The molecule has 1 aliphatic carbocycles. The van der Waals surface area contributed by atoms with E-state index >= 15 is 0 Å². The molecule has 0 bridgehead atoms. The second-order valence-corrected chi connectivity index (χ2v) is 7.53. The summed E-state index contributed by atoms with van der Waals surface area (Å²) < 4.78 is 10.6. The van der Waals surface area contributed by atoms with Crippen LogP contribution in [0.3, 0.4) is 0 Å². The first kappa shape index (κ1) is 16.7. The minimum absolute atomic E-state index is 0.0611. The zero-order valence-electron chi connectivity index (χ0n) is 14.5. The number of furan rings is 1. The molecule has 1 aliphatic heterocycles. The molecule has 1 aromatic heterocycles. The van der Waals surface area contributed by atoms with Crippen molar-refractivity contribution in [2.45, 2.75) is 52.6 Å². The molecule has 0 spiro atoms. The molecule has 2 aliphatic rings. The smallest absolute Gasteiger partial charge is 0.334 e. The number of hydrogen-bond donors (Lipinski definition) is 0. The standard InChI is InChI=1S/C20H24O4/c1-13-10-16(21)11-20(2,3)17(13)6-4-14-5-7-18(24-19(14)22)15-8-9-23-12-15/h5,8-10,12,17-18H,4,6-7,11H2,1-3H3/t17-,18+/m0/s1. The van der Waals surface area contributed by atoms with Gasteiger partial charge in [-0.1, -0.05) is 25.5 Å². The third-order valence-electron chi connectivity index (χ3n) is 5.22. The Labute approximate surface area is 142 Å². The second-order valence-electron chi connectivity index (χ2n) is 7.53. The average Bonchev–Trinajstić information content (AvgIpc) is 3.00. The van der Waals surface area contributed by atoms with Gasteiger partial charge in [0, 0.05) is 24.0 Å². The minimum Gasteiger partial charge on any atom is -0.472 e. The van der Waals surface area contributed by atoms with Crippen LogP contribution in [-0.4, -0.2) is 11.8 Å². The fourth-order valence-electron chi connectivity index (χ4n) is 3.96. The van der Waals surface area contributed by atoms with Gasteiger partial charge in [-0.3, -0.25) is 4.79 Å². The molecule has 4 heteroatoms. The summed E-state index contributed by atoms with van der Waals surface area (Å²) in [5, 5.41) is 0. The minimum atomic E-state index is -0.245. The van der Waals surface area contributed by atoms with Gasteiger partial charge in [-0.05, 0) is 43.2 Å². The maximum atomic E-state index is 12.3. The molecule has 3 rings (SSSR count). The van der Waals surface area contributed by atoms with E-state index in [9.17, 15) is 9.59 Å². The lowest BCUT2D eigenvalue weighted by molar-refractivity contribution is -0.146. The molecule has 1 aromatic rings. The van der Waals surface area contributed by atoms with Crippen LogP contribution in [0.5, 0.6) is 0 Å². The molecule has 0 unspecified atom stereocenters. The number of carbonyl (C=O) groups excluding carboxylic acids is 2. The van der Waals surface area contributed by atoms with Crippen molar-refractivity contribution in [2.75, 3.05) is 0 Å². The Morgan fingerprint density at radius 1 is 1.29 bits per heavy atom. The van der Waals surface area contributed by atoms with Crippen molar-refractivity contribution >= 4 is 11.8 Å². The number of ether oxygens (including phenoxy) is 1. The van der Waals surface area contributed by atoms with E-state index in [1.165, 1.54) is 0 Å². The monoisotopic (exact) mass is 328 g/mol. The molecule has 0 fully saturated rings. The molecule has 0 N–H and O–H groups in total. The van der Waals surface area contributed by atoms with E-state index in [1.807, 2.05) is 19.1 Å². The summed E-state index contributed by atoms with van der Waals surface area (Å²) >= 11 is 0. The topological polar surface area (TPSA) is 56.5 Å². The van der Waals surface area contributed by atoms with E-state index in [0.29, 0.717) is 25.2 Å². The fourth-order valence-corrected chi connectivity index (χ4v) is 3.96. The summed E-state index contributed by atoms with van der Waals surface area (Å²) in [7, 11) is 0. The van der Waals surface area contributed by atoms with Crippen molar-refractivity contribution in [3.8, 4) is 0 Å². The van der Waals surface area contributed by atoms with Gasteiger partial charge >= 0.3 is 5.97 Å². The number of carbonyl (C=O) groups is 2. The Balaban J connectivity index is 1.65. The molecule has 0 radical (unpaired) electrons. The lowest BCUT2D eigenvalue weighted by atomic mass is 9.66. The first-order chi connectivity index (χ1) is 11.4. The van der Waals surface area contributed by atoms with Crippen molar-refractivity contribution in [2.24, 2.45) is 11.3 Å². The van der Waals surface area contributed by atoms with Gasteiger partial charge < -0.3 is 9.15 Å². The summed E-state index contributed by atoms with van der Waals surface area (Å²) in [5.74, 6) is 0.280. The SMILES string of the molecule is CC1=CC(=O)CC(C)(C)[C@H]1CCC1=CC[C@H](c2ccoc2)OC1=O. The predicted molar refractivity (Wildman–Crippen MR) is 90.1 cm³/mol. The molecule has 0 amide bonds. The highest BCUT2D eigenvalue weighted by atomic mass is 16.5. The highest BCUT2D eigenvalue weighted by Crippen LogP contribution is 2.43. The van der Waals surface area contributed by atoms with Gasteiger partial charge in [0.25, 0.3) is 0 Å². The van der Waals surface area contributed by atoms with Crippen molar-refractivity contribution in [3.05, 3.63) is 47.5 Å². The zero-order chi connectivity index (χ0) is 17.3. The Morgan fingerprint density at radius 3 is 2.71 bits per heavy atom. The first-order valence-electron chi connectivity index (χ1n) is 8.50. The average molecular weight is 328 g/mol. The maximum absolute atomic E-state index is 12.3. The summed E-state index contributed by atoms with van der Waals surface area (Å²) in [5.41, 5.74) is 2.70. The second kappa shape index (κ2) is 6.42. The van der Waals surface area contributed by atoms with E-state index in [2.05, 4.69) is 13.8 Å². The number of rotatable bonds is 4. The third-order valence-corrected chi connectivity index (χ3v) is 5.22. The summed E-state index contributed by atoms with van der Waals surface area (Å²) in [6, 6.07) is 1.83. The molecule has 4 nitrogen and oxygen atoms in total. The summed E-state index contributed by atoms with van der Waals surface area (Å²) in [4.78, 5) is 24.0. The highest BCUT2D eigenvalue weighted by molar-refractivity contribution is 5.92. The fraction of sp³-hybridized carbons (Fsp3) is 0.500. The van der Waals surface area contributed by atoms with Crippen LogP contribution >= 0.6 is 0 Å². The molecule has 2 atom stereocenters. The van der Waals surface area contributed by atoms with E-state index in [1.54, 1.807) is 18.6 Å². The molecule has 24 heavy (non-hydrogen) atoms. The molecular weight excluding hydrogens is 304 g/mol. The van der Waals surface area contributed by atoms with Crippen molar-refractivity contribution in [3.63, 3.8) is 0 Å². The quantitative estimate of drug-likeness (QED) is 0.762. The van der Waals surface area contributed by atoms with Crippen molar-refractivity contribution < 1.29 is 18.7 Å². The Kier molecular flexibility index (Phi) is 4.48. The zero-order valence-corrected chi connectivity index (χ0v) is 14.5. The normalized spacial score (nSPS) is 26.6. The highest BCUT2D eigenvalue weighted by Gasteiger charge is 2.36. The molecule has 0 saturated carbocycles. The molecule has 0 saturated heterocycles. The van der Waals surface area contributed by atoms with Crippen molar-refractivity contribution in [1.29, 1.82) is 0 Å². The predicted octanol–water partition coefficient (Wildman–Crippen LogP) is 4.54. The maximum Gasteiger partial charge on any atom is 0.334 e. The molecular formula is C20H24O4. The lowest BCUT2D eigenvalue weighted by Crippen LogP contribution is -2.32. The van der Waals surface area contributed by atoms with Gasteiger partial charge in [-0.15, -0.1) is 0 Å². The Morgan fingerprint density at radius 2 is 2.08 bits per heavy atom. The van der Waals surface area contributed by atoms with E-state index < -0.39 is 0 Å². The van der Waals surface area contributed by atoms with E-state index in [0.717, 1.165) is 23.1 Å². The van der Waals surface area contributed by atoms with E-state index in [-0.39, 0.29) is 23.3 Å². The first-order valence-corrected chi connectivity index (χ1v) is 8.50.